The van der Waals surface area contributed by atoms with Gasteiger partial charge in [-0.1, -0.05) is 71.7 Å². The fraction of sp³-hybridized carbons (Fsp3) is 0.0769. The van der Waals surface area contributed by atoms with Crippen LogP contribution < -0.4 is 0 Å². The van der Waals surface area contributed by atoms with Gasteiger partial charge in [0.25, 0.3) is 0 Å². The van der Waals surface area contributed by atoms with Crippen molar-refractivity contribution < 1.29 is 14.3 Å². The first kappa shape index (κ1) is 21.3. The van der Waals surface area contributed by atoms with Gasteiger partial charge in [-0.05, 0) is 29.8 Å². The summed E-state index contributed by atoms with van der Waals surface area (Å²) in [5, 5.41) is 2.13. The van der Waals surface area contributed by atoms with E-state index in [-0.39, 0.29) is 16.5 Å². The quantitative estimate of drug-likeness (QED) is 0.227. The SMILES string of the molecule is Cn1c(-c2ccccc2)c(C(=O)COC(=O)c2[nH]c3ccc(Cl)cc3c2Cl)c2ccccc21. The van der Waals surface area contributed by atoms with Crippen LogP contribution in [-0.4, -0.2) is 27.9 Å². The van der Waals surface area contributed by atoms with Crippen LogP contribution in [0.3, 0.4) is 0 Å². The van der Waals surface area contributed by atoms with Crippen molar-refractivity contribution in [2.75, 3.05) is 6.61 Å². The molecule has 1 N–H and O–H groups in total. The lowest BCUT2D eigenvalue weighted by atomic mass is 10.0. The number of carbonyl (C=O) groups is 2. The number of hydrogen-bond acceptors (Lipinski definition) is 3. The smallest absolute Gasteiger partial charge is 0.356 e. The first-order valence-electron chi connectivity index (χ1n) is 10.3. The fourth-order valence-electron chi connectivity index (χ4n) is 4.16. The summed E-state index contributed by atoms with van der Waals surface area (Å²) in [6.07, 6.45) is 0. The molecule has 0 aliphatic carbocycles. The average molecular weight is 477 g/mol. The van der Waals surface area contributed by atoms with Crippen molar-refractivity contribution in [3.63, 3.8) is 0 Å². The summed E-state index contributed by atoms with van der Waals surface area (Å²) < 4.78 is 7.37. The van der Waals surface area contributed by atoms with E-state index in [1.165, 1.54) is 0 Å². The number of halogens is 2. The molecule has 0 aliphatic heterocycles. The first-order chi connectivity index (χ1) is 16.0. The van der Waals surface area contributed by atoms with E-state index in [1.54, 1.807) is 18.2 Å². The van der Waals surface area contributed by atoms with Gasteiger partial charge in [0.1, 0.15) is 5.69 Å². The molecule has 5 nitrogen and oxygen atoms in total. The number of nitrogens with one attached hydrogen (secondary N) is 1. The summed E-state index contributed by atoms with van der Waals surface area (Å²) in [5.74, 6) is -1.00. The number of ketones is 1. The maximum atomic E-state index is 13.4. The molecule has 0 amide bonds. The van der Waals surface area contributed by atoms with E-state index >= 15 is 0 Å². The largest absolute Gasteiger partial charge is 0.453 e. The number of Topliss-reactive ketones (excluding diaryl/α,β-unsaturated/α-hetero) is 1. The van der Waals surface area contributed by atoms with E-state index in [9.17, 15) is 9.59 Å². The molecule has 2 aromatic heterocycles. The highest BCUT2D eigenvalue weighted by Gasteiger charge is 2.24. The number of carbonyl (C=O) groups excluding carboxylic acids is 2. The van der Waals surface area contributed by atoms with E-state index in [2.05, 4.69) is 4.98 Å². The Labute approximate surface area is 199 Å². The van der Waals surface area contributed by atoms with Gasteiger partial charge >= 0.3 is 5.97 Å². The van der Waals surface area contributed by atoms with Crippen molar-refractivity contribution in [1.29, 1.82) is 0 Å². The minimum Gasteiger partial charge on any atom is -0.453 e. The topological polar surface area (TPSA) is 64.1 Å². The highest BCUT2D eigenvalue weighted by atomic mass is 35.5. The molecule has 0 bridgehead atoms. The van der Waals surface area contributed by atoms with Crippen LogP contribution in [0.4, 0.5) is 0 Å². The Morgan fingerprint density at radius 1 is 0.939 bits per heavy atom. The fourth-order valence-corrected chi connectivity index (χ4v) is 4.61. The van der Waals surface area contributed by atoms with Gasteiger partial charge in [-0.2, -0.15) is 0 Å². The number of nitrogens with zero attached hydrogens (tertiary/aromatic N) is 1. The molecule has 2 heterocycles. The number of aromatic amines is 1. The van der Waals surface area contributed by atoms with E-state index in [0.29, 0.717) is 21.5 Å². The third kappa shape index (κ3) is 3.69. The lowest BCUT2D eigenvalue weighted by molar-refractivity contribution is 0.0470. The molecule has 33 heavy (non-hydrogen) atoms. The van der Waals surface area contributed by atoms with Gasteiger partial charge in [0.15, 0.2) is 6.61 Å². The Kier molecular flexibility index (Phi) is 5.44. The third-order valence-corrected chi connectivity index (χ3v) is 6.30. The number of ether oxygens (including phenoxy) is 1. The molecule has 164 valence electrons. The molecule has 0 radical (unpaired) electrons. The van der Waals surface area contributed by atoms with Crippen LogP contribution in [0.15, 0.2) is 72.8 Å². The summed E-state index contributed by atoms with van der Waals surface area (Å²) in [7, 11) is 1.92. The van der Waals surface area contributed by atoms with Crippen molar-refractivity contribution in [3.8, 4) is 11.3 Å². The summed E-state index contributed by atoms with van der Waals surface area (Å²) in [6.45, 7) is -0.418. The molecule has 0 fully saturated rings. The maximum Gasteiger partial charge on any atom is 0.356 e. The van der Waals surface area contributed by atoms with E-state index in [4.69, 9.17) is 27.9 Å². The maximum absolute atomic E-state index is 13.4. The van der Waals surface area contributed by atoms with E-state index < -0.39 is 12.6 Å². The van der Waals surface area contributed by atoms with Crippen LogP contribution in [0.1, 0.15) is 20.8 Å². The minimum absolute atomic E-state index is 0.0861. The van der Waals surface area contributed by atoms with E-state index in [0.717, 1.165) is 22.2 Å². The molecule has 7 heteroatoms. The minimum atomic E-state index is -0.706. The van der Waals surface area contributed by atoms with Crippen molar-refractivity contribution in [2.24, 2.45) is 7.05 Å². The molecule has 0 aliphatic rings. The molecule has 5 aromatic rings. The molecule has 5 rings (SSSR count). The predicted molar refractivity (Wildman–Crippen MR) is 131 cm³/mol. The van der Waals surface area contributed by atoms with Crippen LogP contribution in [0.5, 0.6) is 0 Å². The second-order valence-corrected chi connectivity index (χ2v) is 8.48. The average Bonchev–Trinajstić information content (AvgIpc) is 3.32. The summed E-state index contributed by atoms with van der Waals surface area (Å²) in [6, 6.07) is 22.4. The standard InChI is InChI=1S/C26H18Cl2N2O3/c1-30-20-10-6-5-9-17(20)22(25(30)15-7-3-2-4-8-15)21(31)14-33-26(32)24-23(28)18-13-16(27)11-12-19(18)29-24/h2-13,29H,14H2,1H3. The van der Waals surface area contributed by atoms with Crippen molar-refractivity contribution >= 4 is 56.8 Å². The molecule has 0 atom stereocenters. The molecule has 0 spiro atoms. The van der Waals surface area contributed by atoms with Crippen molar-refractivity contribution in [3.05, 3.63) is 94.1 Å². The Balaban J connectivity index is 1.48. The van der Waals surface area contributed by atoms with Gasteiger partial charge in [-0.3, -0.25) is 4.79 Å². The van der Waals surface area contributed by atoms with Gasteiger partial charge in [0.2, 0.25) is 5.78 Å². The number of H-pyrrole nitrogens is 1. The molecule has 0 saturated carbocycles. The zero-order valence-electron chi connectivity index (χ0n) is 17.6. The number of hydrogen-bond donors (Lipinski definition) is 1. The molecule has 0 saturated heterocycles. The zero-order chi connectivity index (χ0) is 23.1. The van der Waals surface area contributed by atoms with Crippen LogP contribution in [0, 0.1) is 0 Å². The summed E-state index contributed by atoms with van der Waals surface area (Å²) >= 11 is 12.4. The summed E-state index contributed by atoms with van der Waals surface area (Å²) in [4.78, 5) is 29.0. The second-order valence-electron chi connectivity index (χ2n) is 7.67. The zero-order valence-corrected chi connectivity index (χ0v) is 19.1. The number of fused-ring (bicyclic) bond motifs is 2. The van der Waals surface area contributed by atoms with Crippen LogP contribution in [-0.2, 0) is 11.8 Å². The Morgan fingerprint density at radius 3 is 2.45 bits per heavy atom. The predicted octanol–water partition coefficient (Wildman–Crippen LogP) is 6.67. The number of aromatic nitrogens is 2. The van der Waals surface area contributed by atoms with Crippen LogP contribution >= 0.6 is 23.2 Å². The van der Waals surface area contributed by atoms with Crippen molar-refractivity contribution in [2.45, 2.75) is 0 Å². The Bertz CT molecular complexity index is 1530. The highest BCUT2D eigenvalue weighted by Crippen LogP contribution is 2.34. The van der Waals surface area contributed by atoms with Gasteiger partial charge in [-0.25, -0.2) is 4.79 Å². The number of benzene rings is 3. The number of aryl methyl sites for hydroxylation is 1. The monoisotopic (exact) mass is 476 g/mol. The van der Waals surface area contributed by atoms with E-state index in [1.807, 2.05) is 66.2 Å². The first-order valence-corrected chi connectivity index (χ1v) is 11.0. The molecular formula is C26H18Cl2N2O3. The van der Waals surface area contributed by atoms with Gasteiger partial charge in [0.05, 0.1) is 16.3 Å². The van der Waals surface area contributed by atoms with Crippen molar-refractivity contribution in [1.82, 2.24) is 9.55 Å². The van der Waals surface area contributed by atoms with Gasteiger partial charge in [-0.15, -0.1) is 0 Å². The number of rotatable bonds is 5. The summed E-state index contributed by atoms with van der Waals surface area (Å²) in [5.41, 5.74) is 3.85. The Morgan fingerprint density at radius 2 is 1.67 bits per heavy atom. The lowest BCUT2D eigenvalue weighted by Crippen LogP contribution is -2.15. The van der Waals surface area contributed by atoms with Gasteiger partial charge < -0.3 is 14.3 Å². The molecule has 0 unspecified atom stereocenters. The van der Waals surface area contributed by atoms with Crippen LogP contribution in [0.2, 0.25) is 10.0 Å². The lowest BCUT2D eigenvalue weighted by Gasteiger charge is -2.08. The van der Waals surface area contributed by atoms with Crippen LogP contribution in [0.25, 0.3) is 33.1 Å². The third-order valence-electron chi connectivity index (χ3n) is 5.67. The van der Waals surface area contributed by atoms with Gasteiger partial charge in [0, 0.05) is 33.9 Å². The number of esters is 1. The highest BCUT2D eigenvalue weighted by molar-refractivity contribution is 6.39. The Hall–Kier alpha value is -3.54. The normalized spacial score (nSPS) is 11.2. The number of para-hydroxylation sites is 1. The molecular weight excluding hydrogens is 459 g/mol. The molecule has 3 aromatic carbocycles. The second kappa shape index (κ2) is 8.43.